The van der Waals surface area contributed by atoms with Gasteiger partial charge in [-0.15, -0.1) is 0 Å². The van der Waals surface area contributed by atoms with Crippen molar-refractivity contribution in [2.24, 2.45) is 7.05 Å². The molecule has 2 aromatic heterocycles. The molecule has 0 aliphatic heterocycles. The van der Waals surface area contributed by atoms with Gasteiger partial charge in [0.25, 0.3) is 0 Å². The molecule has 0 radical (unpaired) electrons. The molecule has 1 unspecified atom stereocenters. The molecule has 0 bridgehead atoms. The highest BCUT2D eigenvalue weighted by atomic mass is 35.5. The lowest BCUT2D eigenvalue weighted by atomic mass is 10.1. The van der Waals surface area contributed by atoms with Crippen LogP contribution in [0.4, 0.5) is 13.2 Å². The number of nitrogens with zero attached hydrogens (tertiary/aromatic N) is 2. The second-order valence-electron chi connectivity index (χ2n) is 5.26. The zero-order chi connectivity index (χ0) is 17.6. The Hall–Kier alpha value is -1.76. The van der Waals surface area contributed by atoms with Gasteiger partial charge >= 0.3 is 6.18 Å². The van der Waals surface area contributed by atoms with Crippen LogP contribution in [0.1, 0.15) is 23.1 Å². The van der Waals surface area contributed by atoms with Crippen molar-refractivity contribution in [2.45, 2.75) is 12.3 Å². The highest BCUT2D eigenvalue weighted by Gasteiger charge is 2.33. The van der Waals surface area contributed by atoms with Gasteiger partial charge in [0.15, 0.2) is 0 Å². The van der Waals surface area contributed by atoms with Crippen LogP contribution in [0.3, 0.4) is 0 Å². The maximum atomic E-state index is 12.8. The Morgan fingerprint density at radius 2 is 1.75 bits per heavy atom. The summed E-state index contributed by atoms with van der Waals surface area (Å²) in [6.07, 6.45) is -5.73. The van der Waals surface area contributed by atoms with Crippen LogP contribution in [0.25, 0.3) is 11.0 Å². The van der Waals surface area contributed by atoms with Gasteiger partial charge in [-0.3, -0.25) is 0 Å². The van der Waals surface area contributed by atoms with Gasteiger partial charge < -0.3 is 9.67 Å². The van der Waals surface area contributed by atoms with Gasteiger partial charge in [0, 0.05) is 22.7 Å². The molecule has 0 saturated heterocycles. The van der Waals surface area contributed by atoms with Gasteiger partial charge in [0.1, 0.15) is 11.8 Å². The zero-order valence-electron chi connectivity index (χ0n) is 12.3. The van der Waals surface area contributed by atoms with Gasteiger partial charge in [0.05, 0.1) is 16.7 Å². The van der Waals surface area contributed by atoms with E-state index in [1.165, 1.54) is 12.1 Å². The maximum absolute atomic E-state index is 12.8. The van der Waals surface area contributed by atoms with E-state index in [1.54, 1.807) is 29.8 Å². The molecule has 1 atom stereocenters. The first-order valence-electron chi connectivity index (χ1n) is 6.85. The Labute approximate surface area is 145 Å². The average Bonchev–Trinajstić information content (AvgIpc) is 2.83. The Kier molecular flexibility index (Phi) is 4.23. The molecule has 0 aliphatic carbocycles. The quantitative estimate of drug-likeness (QED) is 0.686. The number of hydrogen-bond donors (Lipinski definition) is 1. The van der Waals surface area contributed by atoms with Crippen molar-refractivity contribution in [1.82, 2.24) is 9.55 Å². The molecule has 3 rings (SSSR count). The van der Waals surface area contributed by atoms with Crippen molar-refractivity contribution < 1.29 is 18.3 Å². The van der Waals surface area contributed by atoms with Crippen molar-refractivity contribution in [1.29, 1.82) is 0 Å². The van der Waals surface area contributed by atoms with Crippen molar-refractivity contribution in [3.63, 3.8) is 0 Å². The number of benzene rings is 1. The number of aliphatic hydroxyl groups excluding tert-OH is 1. The fourth-order valence-corrected chi connectivity index (χ4v) is 3.18. The normalized spacial score (nSPS) is 13.5. The number of halogens is 5. The molecule has 126 valence electrons. The molecule has 8 heteroatoms. The first-order chi connectivity index (χ1) is 11.2. The zero-order valence-corrected chi connectivity index (χ0v) is 13.8. The summed E-state index contributed by atoms with van der Waals surface area (Å²) in [6, 6.07) is 8.41. The summed E-state index contributed by atoms with van der Waals surface area (Å²) in [4.78, 5) is 3.63. The Balaban J connectivity index is 2.15. The van der Waals surface area contributed by atoms with Gasteiger partial charge in [-0.1, -0.05) is 29.3 Å². The first-order valence-corrected chi connectivity index (χ1v) is 7.61. The molecule has 3 aromatic rings. The van der Waals surface area contributed by atoms with Crippen molar-refractivity contribution in [3.05, 3.63) is 63.4 Å². The molecule has 3 nitrogen and oxygen atoms in total. The minimum Gasteiger partial charge on any atom is -0.382 e. The summed E-state index contributed by atoms with van der Waals surface area (Å²) >= 11 is 12.2. The third-order valence-corrected chi connectivity index (χ3v) is 4.44. The van der Waals surface area contributed by atoms with E-state index in [4.69, 9.17) is 23.2 Å². The van der Waals surface area contributed by atoms with Crippen LogP contribution in [0.2, 0.25) is 10.0 Å². The van der Waals surface area contributed by atoms with Gasteiger partial charge in [0.2, 0.25) is 0 Å². The topological polar surface area (TPSA) is 38.0 Å². The van der Waals surface area contributed by atoms with E-state index in [0.717, 1.165) is 6.07 Å². The van der Waals surface area contributed by atoms with Gasteiger partial charge in [-0.2, -0.15) is 13.2 Å². The third kappa shape index (κ3) is 2.85. The number of pyridine rings is 1. The van der Waals surface area contributed by atoms with Crippen molar-refractivity contribution in [3.8, 4) is 0 Å². The average molecular weight is 375 g/mol. The van der Waals surface area contributed by atoms with E-state index in [2.05, 4.69) is 4.98 Å². The maximum Gasteiger partial charge on any atom is 0.433 e. The summed E-state index contributed by atoms with van der Waals surface area (Å²) in [5.41, 5.74) is 0.233. The lowest BCUT2D eigenvalue weighted by molar-refractivity contribution is -0.140. The minimum absolute atomic E-state index is 0.129. The fraction of sp³-hybridized carbons (Fsp3) is 0.188. The number of rotatable bonds is 2. The van der Waals surface area contributed by atoms with Crippen LogP contribution in [-0.4, -0.2) is 14.7 Å². The monoisotopic (exact) mass is 374 g/mol. The number of alkyl halides is 3. The largest absolute Gasteiger partial charge is 0.433 e. The molecule has 0 saturated carbocycles. The number of hydrogen-bond acceptors (Lipinski definition) is 2. The molecular weight excluding hydrogens is 364 g/mol. The van der Waals surface area contributed by atoms with Crippen LogP contribution < -0.4 is 0 Å². The molecule has 2 heterocycles. The predicted octanol–water partition coefficient (Wildman–Crippen LogP) is 4.98. The summed E-state index contributed by atoms with van der Waals surface area (Å²) in [5.74, 6) is 0. The predicted molar refractivity (Wildman–Crippen MR) is 86.2 cm³/mol. The Morgan fingerprint density at radius 3 is 2.33 bits per heavy atom. The number of aromatic nitrogens is 2. The molecule has 0 aliphatic rings. The van der Waals surface area contributed by atoms with Crippen LogP contribution >= 0.6 is 23.2 Å². The smallest absolute Gasteiger partial charge is 0.382 e. The van der Waals surface area contributed by atoms with Crippen LogP contribution in [0, 0.1) is 0 Å². The van der Waals surface area contributed by atoms with E-state index in [1.807, 2.05) is 0 Å². The lowest BCUT2D eigenvalue weighted by Crippen LogP contribution is -2.08. The molecule has 0 fully saturated rings. The highest BCUT2D eigenvalue weighted by molar-refractivity contribution is 6.36. The summed E-state index contributed by atoms with van der Waals surface area (Å²) < 4.78 is 40.0. The van der Waals surface area contributed by atoms with Crippen molar-refractivity contribution in [2.75, 3.05) is 0 Å². The van der Waals surface area contributed by atoms with E-state index in [0.29, 0.717) is 16.8 Å². The number of fused-ring (bicyclic) bond motifs is 1. The van der Waals surface area contributed by atoms with E-state index >= 15 is 0 Å². The third-order valence-electron chi connectivity index (χ3n) is 3.78. The Bertz CT molecular complexity index is 901. The van der Waals surface area contributed by atoms with Gasteiger partial charge in [-0.25, -0.2) is 4.98 Å². The second-order valence-corrected chi connectivity index (χ2v) is 6.08. The van der Waals surface area contributed by atoms with Gasteiger partial charge in [-0.05, 0) is 30.3 Å². The Morgan fingerprint density at radius 1 is 1.12 bits per heavy atom. The minimum atomic E-state index is -4.53. The number of aryl methyl sites for hydroxylation is 1. The summed E-state index contributed by atoms with van der Waals surface area (Å²) in [7, 11) is 1.63. The first kappa shape index (κ1) is 17.1. The molecule has 1 N–H and O–H groups in total. The standard InChI is InChI=1S/C16H11Cl2F3N2O/c1-23-11-5-6-13(16(19,20)21)22-10(11)7-12(23)15(24)14-8(17)3-2-4-9(14)18/h2-7,15,24H,1H3. The van der Waals surface area contributed by atoms with E-state index in [-0.39, 0.29) is 15.6 Å². The van der Waals surface area contributed by atoms with E-state index < -0.39 is 18.0 Å². The number of aliphatic hydroxyl groups is 1. The van der Waals surface area contributed by atoms with E-state index in [9.17, 15) is 18.3 Å². The summed E-state index contributed by atoms with van der Waals surface area (Å²) in [5, 5.41) is 11.2. The summed E-state index contributed by atoms with van der Waals surface area (Å²) in [6.45, 7) is 0. The van der Waals surface area contributed by atoms with Crippen LogP contribution in [0.15, 0.2) is 36.4 Å². The second kappa shape index (κ2) is 5.95. The van der Waals surface area contributed by atoms with Crippen molar-refractivity contribution >= 4 is 34.2 Å². The van der Waals surface area contributed by atoms with Crippen LogP contribution in [0.5, 0.6) is 0 Å². The molecule has 24 heavy (non-hydrogen) atoms. The molecule has 0 spiro atoms. The van der Waals surface area contributed by atoms with Crippen LogP contribution in [-0.2, 0) is 13.2 Å². The lowest BCUT2D eigenvalue weighted by Gasteiger charge is -2.15. The molecule has 1 aromatic carbocycles. The SMILES string of the molecule is Cn1c(C(O)c2c(Cl)cccc2Cl)cc2nc(C(F)(F)F)ccc21. The molecular formula is C16H11Cl2F3N2O. The molecule has 0 amide bonds. The highest BCUT2D eigenvalue weighted by Crippen LogP contribution is 2.36. The fourth-order valence-electron chi connectivity index (χ4n) is 2.57.